The van der Waals surface area contributed by atoms with E-state index in [1.165, 1.54) is 0 Å². The van der Waals surface area contributed by atoms with Gasteiger partial charge in [0, 0.05) is 24.6 Å². The molecule has 2 saturated heterocycles. The molecule has 3 rings (SSSR count). The van der Waals surface area contributed by atoms with Crippen LogP contribution in [0.1, 0.15) is 30.7 Å². The molecule has 0 spiro atoms. The van der Waals surface area contributed by atoms with Gasteiger partial charge in [-0.3, -0.25) is 4.99 Å². The van der Waals surface area contributed by atoms with E-state index in [2.05, 4.69) is 20.0 Å². The lowest BCUT2D eigenvalue weighted by molar-refractivity contribution is 0.0308. The lowest BCUT2D eigenvalue weighted by atomic mass is 10.2. The molecule has 2 fully saturated rings. The van der Waals surface area contributed by atoms with Crippen molar-refractivity contribution in [3.63, 3.8) is 0 Å². The van der Waals surface area contributed by atoms with Gasteiger partial charge in [-0.15, -0.1) is 0 Å². The minimum Gasteiger partial charge on any atom is -0.370 e. The lowest BCUT2D eigenvalue weighted by Gasteiger charge is -2.27. The predicted molar refractivity (Wildman–Crippen MR) is 81.3 cm³/mol. The number of aryl methyl sites for hydroxylation is 1. The second kappa shape index (κ2) is 6.65. The second-order valence-electron chi connectivity index (χ2n) is 5.30. The number of ether oxygens (including phenoxy) is 1. The normalized spacial score (nSPS) is 27.3. The van der Waals surface area contributed by atoms with Crippen LogP contribution < -0.4 is 5.73 Å². The largest absolute Gasteiger partial charge is 0.370 e. The van der Waals surface area contributed by atoms with Crippen molar-refractivity contribution < 1.29 is 9.26 Å². The number of rotatable bonds is 3. The summed E-state index contributed by atoms with van der Waals surface area (Å²) in [4.78, 5) is 10.8. The van der Waals surface area contributed by atoms with E-state index in [0.29, 0.717) is 24.2 Å². The smallest absolute Gasteiger partial charge is 0.255 e. The third kappa shape index (κ3) is 3.68. The summed E-state index contributed by atoms with van der Waals surface area (Å²) in [6.45, 7) is 4.37. The van der Waals surface area contributed by atoms with E-state index in [9.17, 15) is 0 Å². The van der Waals surface area contributed by atoms with Crippen LogP contribution in [0.15, 0.2) is 9.52 Å². The minimum atomic E-state index is -0.0981. The van der Waals surface area contributed by atoms with E-state index in [1.807, 2.05) is 11.8 Å². The molecule has 8 heteroatoms. The zero-order valence-electron chi connectivity index (χ0n) is 12.2. The molecule has 0 unspecified atom stereocenters. The van der Waals surface area contributed by atoms with E-state index in [1.54, 1.807) is 6.92 Å². The molecular formula is C13H21N5O2S. The van der Waals surface area contributed by atoms with Crippen LogP contribution >= 0.6 is 11.8 Å². The molecule has 0 aromatic carbocycles. The van der Waals surface area contributed by atoms with Gasteiger partial charge in [-0.25, -0.2) is 0 Å². The Morgan fingerprint density at radius 3 is 2.95 bits per heavy atom. The van der Waals surface area contributed by atoms with Gasteiger partial charge < -0.3 is 19.9 Å². The second-order valence-corrected chi connectivity index (χ2v) is 6.53. The fourth-order valence-electron chi connectivity index (χ4n) is 2.55. The van der Waals surface area contributed by atoms with Gasteiger partial charge in [-0.1, -0.05) is 5.16 Å². The molecule has 0 aliphatic carbocycles. The maximum Gasteiger partial charge on any atom is 0.255 e. The molecular weight excluding hydrogens is 290 g/mol. The molecule has 2 aliphatic rings. The monoisotopic (exact) mass is 311 g/mol. The summed E-state index contributed by atoms with van der Waals surface area (Å²) >= 11 is 1.96. The third-order valence-electron chi connectivity index (χ3n) is 3.72. The van der Waals surface area contributed by atoms with Gasteiger partial charge in [0.25, 0.3) is 5.89 Å². The van der Waals surface area contributed by atoms with Crippen molar-refractivity contribution in [3.8, 4) is 0 Å². The molecule has 1 aromatic heterocycles. The molecule has 0 radical (unpaired) electrons. The van der Waals surface area contributed by atoms with Gasteiger partial charge in [0.15, 0.2) is 11.8 Å². The molecule has 2 aliphatic heterocycles. The summed E-state index contributed by atoms with van der Waals surface area (Å²) in [6, 6.07) is 0. The first-order valence-electron chi connectivity index (χ1n) is 7.30. The Balaban J connectivity index is 1.50. The Kier molecular flexibility index (Phi) is 4.64. The van der Waals surface area contributed by atoms with Crippen molar-refractivity contribution in [3.05, 3.63) is 11.7 Å². The molecule has 0 bridgehead atoms. The number of guanidine groups is 1. The van der Waals surface area contributed by atoms with E-state index >= 15 is 0 Å². The molecule has 7 nitrogen and oxygen atoms in total. The van der Waals surface area contributed by atoms with Crippen LogP contribution in [0, 0.1) is 6.92 Å². The van der Waals surface area contributed by atoms with Crippen molar-refractivity contribution in [1.29, 1.82) is 0 Å². The highest BCUT2D eigenvalue weighted by molar-refractivity contribution is 7.99. The number of nitrogens with zero attached hydrogens (tertiary/aromatic N) is 4. The molecule has 1 aromatic rings. The number of aromatic nitrogens is 2. The quantitative estimate of drug-likeness (QED) is 0.657. The van der Waals surface area contributed by atoms with E-state index in [4.69, 9.17) is 15.0 Å². The Hall–Kier alpha value is -1.28. The highest BCUT2D eigenvalue weighted by Gasteiger charge is 2.30. The summed E-state index contributed by atoms with van der Waals surface area (Å²) in [7, 11) is 0. The standard InChI is InChI=1S/C13H21N5O2S/c1-9-16-12(20-17-9)11-3-2-10(19-11)8-15-13(14)18-4-6-21-7-5-18/h10-11H,2-8H2,1H3,(H2,14,15)/t10-,11+/m1/s1. The number of aliphatic imine (C=N–C) groups is 1. The van der Waals surface area contributed by atoms with Crippen LogP contribution in [0.5, 0.6) is 0 Å². The van der Waals surface area contributed by atoms with Gasteiger partial charge >= 0.3 is 0 Å². The minimum absolute atomic E-state index is 0.0833. The van der Waals surface area contributed by atoms with Crippen LogP contribution in [-0.4, -0.2) is 58.2 Å². The van der Waals surface area contributed by atoms with Gasteiger partial charge in [-0.2, -0.15) is 16.7 Å². The van der Waals surface area contributed by atoms with Gasteiger partial charge in [0.2, 0.25) is 0 Å². The van der Waals surface area contributed by atoms with Crippen LogP contribution in [0.2, 0.25) is 0 Å². The maximum atomic E-state index is 6.05. The number of hydrogen-bond acceptors (Lipinski definition) is 6. The van der Waals surface area contributed by atoms with Gasteiger partial charge in [-0.05, 0) is 19.8 Å². The molecule has 0 amide bonds. The van der Waals surface area contributed by atoms with E-state index < -0.39 is 0 Å². The Bertz CT molecular complexity index is 501. The van der Waals surface area contributed by atoms with Crippen molar-refractivity contribution >= 4 is 17.7 Å². The number of nitrogens with two attached hydrogens (primary N) is 1. The van der Waals surface area contributed by atoms with E-state index in [-0.39, 0.29) is 12.2 Å². The Labute approximate surface area is 128 Å². The lowest BCUT2D eigenvalue weighted by Crippen LogP contribution is -2.43. The fourth-order valence-corrected chi connectivity index (χ4v) is 3.46. The third-order valence-corrected chi connectivity index (χ3v) is 4.66. The van der Waals surface area contributed by atoms with Crippen LogP contribution in [0.4, 0.5) is 0 Å². The molecule has 21 heavy (non-hydrogen) atoms. The summed E-state index contributed by atoms with van der Waals surface area (Å²) in [5.74, 6) is 4.09. The molecule has 0 saturated carbocycles. The zero-order valence-corrected chi connectivity index (χ0v) is 13.0. The van der Waals surface area contributed by atoms with Crippen LogP contribution in [0.3, 0.4) is 0 Å². The van der Waals surface area contributed by atoms with Crippen LogP contribution in [0.25, 0.3) is 0 Å². The fraction of sp³-hybridized carbons (Fsp3) is 0.769. The summed E-state index contributed by atoms with van der Waals surface area (Å²) < 4.78 is 11.1. The topological polar surface area (TPSA) is 89.8 Å². The van der Waals surface area contributed by atoms with E-state index in [0.717, 1.165) is 37.4 Å². The molecule has 2 atom stereocenters. The molecule has 2 N–H and O–H groups in total. The van der Waals surface area contributed by atoms with Gasteiger partial charge in [0.1, 0.15) is 6.10 Å². The van der Waals surface area contributed by atoms with Crippen molar-refractivity contribution in [2.24, 2.45) is 10.7 Å². The van der Waals surface area contributed by atoms with Crippen molar-refractivity contribution in [2.75, 3.05) is 31.1 Å². The first kappa shape index (κ1) is 14.6. The van der Waals surface area contributed by atoms with Crippen LogP contribution in [-0.2, 0) is 4.74 Å². The Morgan fingerprint density at radius 2 is 2.24 bits per heavy atom. The SMILES string of the molecule is Cc1noc([C@@H]2CC[C@H](CN=C(N)N3CCSCC3)O2)n1. The van der Waals surface area contributed by atoms with Crippen molar-refractivity contribution in [2.45, 2.75) is 32.0 Å². The average Bonchev–Trinajstić information content (AvgIpc) is 3.14. The Morgan fingerprint density at radius 1 is 1.43 bits per heavy atom. The summed E-state index contributed by atoms with van der Waals surface area (Å²) in [5, 5.41) is 3.80. The first-order chi connectivity index (χ1) is 10.2. The predicted octanol–water partition coefficient (Wildman–Crippen LogP) is 0.962. The number of thioether (sulfide) groups is 1. The summed E-state index contributed by atoms with van der Waals surface area (Å²) in [5.41, 5.74) is 6.05. The summed E-state index contributed by atoms with van der Waals surface area (Å²) in [6.07, 6.45) is 1.82. The van der Waals surface area contributed by atoms with Gasteiger partial charge in [0.05, 0.1) is 12.6 Å². The first-order valence-corrected chi connectivity index (χ1v) is 8.46. The number of hydrogen-bond donors (Lipinski definition) is 1. The molecule has 116 valence electrons. The highest BCUT2D eigenvalue weighted by atomic mass is 32.2. The highest BCUT2D eigenvalue weighted by Crippen LogP contribution is 2.31. The maximum absolute atomic E-state index is 6.05. The average molecular weight is 311 g/mol. The van der Waals surface area contributed by atoms with Crippen molar-refractivity contribution in [1.82, 2.24) is 15.0 Å². The zero-order chi connectivity index (χ0) is 14.7. The molecule has 3 heterocycles.